The van der Waals surface area contributed by atoms with E-state index >= 15 is 0 Å². The maximum Gasteiger partial charge on any atom is 0.393 e. The van der Waals surface area contributed by atoms with Gasteiger partial charge in [0.2, 0.25) is 10.0 Å². The minimum Gasteiger partial charge on any atom is -0.338 e. The average molecular weight is 392 g/mol. The molecule has 0 aliphatic carbocycles. The number of nitrogens with one attached hydrogen (secondary N) is 1. The third kappa shape index (κ3) is 4.97. The maximum absolute atomic E-state index is 12.9. The van der Waals surface area contributed by atoms with Crippen molar-refractivity contribution in [2.24, 2.45) is 5.92 Å². The van der Waals surface area contributed by atoms with Crippen molar-refractivity contribution in [1.29, 1.82) is 0 Å². The van der Waals surface area contributed by atoms with Gasteiger partial charge in [0.1, 0.15) is 0 Å². The molecule has 0 saturated carbocycles. The van der Waals surface area contributed by atoms with E-state index in [9.17, 15) is 26.4 Å². The molecule has 1 aliphatic rings. The summed E-state index contributed by atoms with van der Waals surface area (Å²) in [6.07, 6.45) is -3.38. The molecule has 9 heteroatoms. The Labute approximate surface area is 151 Å². The summed E-state index contributed by atoms with van der Waals surface area (Å²) in [5.41, 5.74) is 0.176. The van der Waals surface area contributed by atoms with Crippen LogP contribution in [-0.2, 0) is 10.0 Å². The fourth-order valence-corrected chi connectivity index (χ4v) is 4.13. The van der Waals surface area contributed by atoms with Crippen molar-refractivity contribution < 1.29 is 26.4 Å². The normalized spacial score (nSPS) is 20.0. The van der Waals surface area contributed by atoms with Gasteiger partial charge in [-0.15, -0.1) is 0 Å². The Balaban J connectivity index is 2.11. The highest BCUT2D eigenvalue weighted by molar-refractivity contribution is 7.89. The molecular weight excluding hydrogens is 369 g/mol. The van der Waals surface area contributed by atoms with Gasteiger partial charge in [0.15, 0.2) is 0 Å². The van der Waals surface area contributed by atoms with E-state index < -0.39 is 28.0 Å². The van der Waals surface area contributed by atoms with Gasteiger partial charge in [0.05, 0.1) is 10.8 Å². The number of carbonyl (C=O) groups excluding carboxylic acids is 1. The number of likely N-dealkylation sites (tertiary alicyclic amines) is 1. The summed E-state index contributed by atoms with van der Waals surface area (Å²) >= 11 is 0. The molecule has 0 unspecified atom stereocenters. The van der Waals surface area contributed by atoms with Gasteiger partial charge >= 0.3 is 6.18 Å². The largest absolute Gasteiger partial charge is 0.393 e. The Morgan fingerprint density at radius 2 is 1.92 bits per heavy atom. The molecule has 1 aromatic rings. The summed E-state index contributed by atoms with van der Waals surface area (Å²) in [5, 5.41) is 0. The first-order valence-electron chi connectivity index (χ1n) is 8.53. The van der Waals surface area contributed by atoms with Crippen LogP contribution < -0.4 is 4.72 Å². The van der Waals surface area contributed by atoms with Crippen LogP contribution in [0.4, 0.5) is 13.2 Å². The Hall–Kier alpha value is -1.61. The smallest absolute Gasteiger partial charge is 0.338 e. The van der Waals surface area contributed by atoms with Crippen molar-refractivity contribution in [3.05, 3.63) is 29.8 Å². The van der Waals surface area contributed by atoms with Crippen molar-refractivity contribution in [2.75, 3.05) is 13.1 Å². The lowest BCUT2D eigenvalue weighted by atomic mass is 9.97. The number of amides is 1. The van der Waals surface area contributed by atoms with Crippen LogP contribution in [0.3, 0.4) is 0 Å². The number of hydrogen-bond acceptors (Lipinski definition) is 3. The van der Waals surface area contributed by atoms with E-state index in [-0.39, 0.29) is 36.0 Å². The van der Waals surface area contributed by atoms with Crippen molar-refractivity contribution >= 4 is 15.9 Å². The number of hydrogen-bond donors (Lipinski definition) is 1. The number of piperidine rings is 1. The lowest BCUT2D eigenvalue weighted by Gasteiger charge is -2.33. The Morgan fingerprint density at radius 3 is 2.46 bits per heavy atom. The van der Waals surface area contributed by atoms with Crippen LogP contribution in [0.2, 0.25) is 0 Å². The van der Waals surface area contributed by atoms with E-state index in [1.165, 1.54) is 29.2 Å². The number of nitrogens with zero attached hydrogens (tertiary/aromatic N) is 1. The number of benzene rings is 1. The number of alkyl halides is 3. The molecule has 2 atom stereocenters. The highest BCUT2D eigenvalue weighted by Crippen LogP contribution is 2.33. The third-order valence-electron chi connectivity index (χ3n) is 4.55. The molecule has 1 fully saturated rings. The molecule has 5 nitrogen and oxygen atoms in total. The predicted molar refractivity (Wildman–Crippen MR) is 91.2 cm³/mol. The molecule has 1 heterocycles. The number of halogens is 3. The summed E-state index contributed by atoms with van der Waals surface area (Å²) in [6, 6.07) is 5.04. The van der Waals surface area contributed by atoms with Gasteiger partial charge in [-0.2, -0.15) is 13.2 Å². The van der Waals surface area contributed by atoms with Crippen molar-refractivity contribution in [3.63, 3.8) is 0 Å². The molecule has 1 saturated heterocycles. The standard InChI is InChI=1S/C17H23F3N2O3S/c1-3-12(2)21-26(24,25)15-8-6-13(7-9-15)16(23)22-10-4-5-14(11-22)17(18,19)20/h6-9,12,14,21H,3-5,10-11H2,1-2H3/t12-,14-/m0/s1. The van der Waals surface area contributed by atoms with Gasteiger partial charge in [-0.1, -0.05) is 6.92 Å². The minimum absolute atomic E-state index is 0.0150. The summed E-state index contributed by atoms with van der Waals surface area (Å²) in [7, 11) is -3.69. The van der Waals surface area contributed by atoms with Crippen molar-refractivity contribution in [1.82, 2.24) is 9.62 Å². The molecule has 0 spiro atoms. The molecule has 1 amide bonds. The first-order valence-corrected chi connectivity index (χ1v) is 10.0. The number of rotatable bonds is 5. The SMILES string of the molecule is CC[C@H](C)NS(=O)(=O)c1ccc(C(=O)N2CCC[C@H](C(F)(F)F)C2)cc1. The lowest BCUT2D eigenvalue weighted by molar-refractivity contribution is -0.184. The highest BCUT2D eigenvalue weighted by Gasteiger charge is 2.42. The molecule has 0 aromatic heterocycles. The van der Waals surface area contributed by atoms with Gasteiger partial charge < -0.3 is 4.90 Å². The molecule has 146 valence electrons. The molecule has 1 N–H and O–H groups in total. The third-order valence-corrected chi connectivity index (χ3v) is 6.16. The zero-order valence-corrected chi connectivity index (χ0v) is 15.5. The molecule has 1 aromatic carbocycles. The van der Waals surface area contributed by atoms with E-state index in [0.717, 1.165) is 0 Å². The lowest BCUT2D eigenvalue weighted by Crippen LogP contribution is -2.44. The Morgan fingerprint density at radius 1 is 1.31 bits per heavy atom. The van der Waals surface area contributed by atoms with E-state index in [1.807, 2.05) is 6.92 Å². The minimum atomic E-state index is -4.32. The fourth-order valence-electron chi connectivity index (χ4n) is 2.80. The van der Waals surface area contributed by atoms with Gasteiger partial charge in [0, 0.05) is 24.7 Å². The zero-order valence-electron chi connectivity index (χ0n) is 14.7. The Kier molecular flexibility index (Phi) is 6.33. The van der Waals surface area contributed by atoms with E-state index in [4.69, 9.17) is 0 Å². The summed E-state index contributed by atoms with van der Waals surface area (Å²) in [6.45, 7) is 3.49. The summed E-state index contributed by atoms with van der Waals surface area (Å²) in [5.74, 6) is -2.03. The quantitative estimate of drug-likeness (QED) is 0.837. The number of carbonyl (C=O) groups is 1. The summed E-state index contributed by atoms with van der Waals surface area (Å²) in [4.78, 5) is 13.6. The van der Waals surface area contributed by atoms with Crippen LogP contribution in [-0.4, -0.2) is 44.5 Å². The molecular formula is C17H23F3N2O3S. The van der Waals surface area contributed by atoms with Crippen LogP contribution in [0.1, 0.15) is 43.5 Å². The topological polar surface area (TPSA) is 66.5 Å². The molecule has 0 radical (unpaired) electrons. The van der Waals surface area contributed by atoms with Gasteiger partial charge in [-0.25, -0.2) is 13.1 Å². The second-order valence-electron chi connectivity index (χ2n) is 6.59. The van der Waals surface area contributed by atoms with Gasteiger partial charge in [-0.3, -0.25) is 4.79 Å². The first kappa shape index (κ1) is 20.7. The monoisotopic (exact) mass is 392 g/mol. The maximum atomic E-state index is 12.9. The van der Waals surface area contributed by atoms with Gasteiger partial charge in [-0.05, 0) is 50.5 Å². The van der Waals surface area contributed by atoms with E-state index in [0.29, 0.717) is 12.8 Å². The van der Waals surface area contributed by atoms with Crippen LogP contribution in [0.25, 0.3) is 0 Å². The van der Waals surface area contributed by atoms with E-state index in [2.05, 4.69) is 4.72 Å². The van der Waals surface area contributed by atoms with Crippen LogP contribution in [0.15, 0.2) is 29.2 Å². The average Bonchev–Trinajstić information content (AvgIpc) is 2.60. The van der Waals surface area contributed by atoms with E-state index in [1.54, 1.807) is 6.92 Å². The van der Waals surface area contributed by atoms with Crippen LogP contribution in [0, 0.1) is 5.92 Å². The second-order valence-corrected chi connectivity index (χ2v) is 8.30. The number of sulfonamides is 1. The highest BCUT2D eigenvalue weighted by atomic mass is 32.2. The van der Waals surface area contributed by atoms with Crippen molar-refractivity contribution in [2.45, 2.75) is 50.2 Å². The zero-order chi connectivity index (χ0) is 19.5. The first-order chi connectivity index (χ1) is 12.0. The predicted octanol–water partition coefficient (Wildman–Crippen LogP) is 3.18. The van der Waals surface area contributed by atoms with Gasteiger partial charge in [0.25, 0.3) is 5.91 Å². The van der Waals surface area contributed by atoms with Crippen molar-refractivity contribution in [3.8, 4) is 0 Å². The van der Waals surface area contributed by atoms with Crippen LogP contribution in [0.5, 0.6) is 0 Å². The molecule has 1 aliphatic heterocycles. The Bertz CT molecular complexity index is 733. The summed E-state index contributed by atoms with van der Waals surface area (Å²) < 4.78 is 65.6. The van der Waals surface area contributed by atoms with Crippen LogP contribution >= 0.6 is 0 Å². The fraction of sp³-hybridized carbons (Fsp3) is 0.588. The molecule has 2 rings (SSSR count). The molecule has 26 heavy (non-hydrogen) atoms. The second kappa shape index (κ2) is 7.96. The molecule has 0 bridgehead atoms.